The Morgan fingerprint density at radius 2 is 2.07 bits per heavy atom. The summed E-state index contributed by atoms with van der Waals surface area (Å²) in [7, 11) is 8.45. The van der Waals surface area contributed by atoms with E-state index in [9.17, 15) is 0 Å². The van der Waals surface area contributed by atoms with Crippen LogP contribution in [0, 0.1) is 0 Å². The summed E-state index contributed by atoms with van der Waals surface area (Å²) in [6.45, 7) is 0.197. The minimum atomic E-state index is 0.197. The van der Waals surface area contributed by atoms with Gasteiger partial charge in [0.15, 0.2) is 18.3 Å². The molecule has 1 rings (SSSR count). The minimum absolute atomic E-state index is 0.197. The van der Waals surface area contributed by atoms with Gasteiger partial charge in [0.05, 0.1) is 7.11 Å². The number of ether oxygens (including phenoxy) is 3. The summed E-state index contributed by atoms with van der Waals surface area (Å²) in [4.78, 5) is 0. The van der Waals surface area contributed by atoms with E-state index in [4.69, 9.17) is 22.1 Å². The van der Waals surface area contributed by atoms with Crippen molar-refractivity contribution in [2.24, 2.45) is 0 Å². The van der Waals surface area contributed by atoms with Crippen LogP contribution in [0.3, 0.4) is 0 Å². The molecule has 3 nitrogen and oxygen atoms in total. The molecule has 15 heavy (non-hydrogen) atoms. The van der Waals surface area contributed by atoms with Crippen molar-refractivity contribution in [3.05, 3.63) is 29.7 Å². The first kappa shape index (κ1) is 11.7. The fraction of sp³-hybridized carbons (Fsp3) is 0.273. The molecule has 0 aliphatic carbocycles. The molecular formula is C11H13BO3. The first-order valence-electron chi connectivity index (χ1n) is 4.50. The van der Waals surface area contributed by atoms with E-state index in [1.165, 1.54) is 5.98 Å². The van der Waals surface area contributed by atoms with Gasteiger partial charge >= 0.3 is 0 Å². The Morgan fingerprint density at radius 1 is 1.27 bits per heavy atom. The van der Waals surface area contributed by atoms with Gasteiger partial charge in [0.2, 0.25) is 0 Å². The quantitative estimate of drug-likeness (QED) is 0.540. The van der Waals surface area contributed by atoms with E-state index in [-0.39, 0.29) is 6.79 Å². The van der Waals surface area contributed by atoms with E-state index in [1.54, 1.807) is 20.3 Å². The monoisotopic (exact) mass is 204 g/mol. The third kappa shape index (κ3) is 3.33. The van der Waals surface area contributed by atoms with Crippen molar-refractivity contribution in [3.8, 4) is 11.5 Å². The standard InChI is InChI=1S/C11H13BO3/c1-13-8-15-10-4-3-9(5-6-12)7-11(10)14-2/h3-7H,8H2,1-2H3. The Balaban J connectivity index is 2.88. The van der Waals surface area contributed by atoms with E-state index in [0.717, 1.165) is 5.56 Å². The lowest BCUT2D eigenvalue weighted by molar-refractivity contribution is 0.0491. The first-order valence-corrected chi connectivity index (χ1v) is 4.50. The van der Waals surface area contributed by atoms with Gasteiger partial charge in [-0.1, -0.05) is 12.1 Å². The molecular weight excluding hydrogens is 191 g/mol. The predicted octanol–water partition coefficient (Wildman–Crippen LogP) is 1.82. The first-order chi connectivity index (χ1) is 7.31. The van der Waals surface area contributed by atoms with Crippen LogP contribution in [0.15, 0.2) is 24.2 Å². The van der Waals surface area contributed by atoms with E-state index >= 15 is 0 Å². The van der Waals surface area contributed by atoms with Crippen molar-refractivity contribution in [2.45, 2.75) is 0 Å². The summed E-state index contributed by atoms with van der Waals surface area (Å²) in [6.07, 6.45) is 1.78. The molecule has 2 radical (unpaired) electrons. The molecule has 1 aromatic rings. The van der Waals surface area contributed by atoms with Crippen LogP contribution in [0.4, 0.5) is 0 Å². The largest absolute Gasteiger partial charge is 0.493 e. The molecule has 0 aliphatic heterocycles. The summed E-state index contributed by atoms with van der Waals surface area (Å²) >= 11 is 0. The van der Waals surface area contributed by atoms with E-state index in [0.29, 0.717) is 11.5 Å². The fourth-order valence-corrected chi connectivity index (χ4v) is 1.14. The van der Waals surface area contributed by atoms with Gasteiger partial charge in [-0.3, -0.25) is 0 Å². The molecule has 4 heteroatoms. The highest BCUT2D eigenvalue weighted by Crippen LogP contribution is 2.28. The molecule has 0 saturated heterocycles. The summed E-state index contributed by atoms with van der Waals surface area (Å²) in [5.41, 5.74) is 0.958. The lowest BCUT2D eigenvalue weighted by Crippen LogP contribution is -2.00. The van der Waals surface area contributed by atoms with Crippen molar-refractivity contribution in [3.63, 3.8) is 0 Å². The van der Waals surface area contributed by atoms with E-state index in [1.807, 2.05) is 18.2 Å². The Kier molecular flexibility index (Phi) is 4.77. The second-order valence-corrected chi connectivity index (χ2v) is 2.82. The van der Waals surface area contributed by atoms with Crippen LogP contribution in [0.5, 0.6) is 11.5 Å². The maximum Gasteiger partial charge on any atom is 0.188 e. The van der Waals surface area contributed by atoms with Gasteiger partial charge in [0.1, 0.15) is 7.85 Å². The molecule has 0 amide bonds. The zero-order valence-electron chi connectivity index (χ0n) is 8.90. The molecule has 0 saturated carbocycles. The highest BCUT2D eigenvalue weighted by molar-refractivity contribution is 6.19. The fourth-order valence-electron chi connectivity index (χ4n) is 1.14. The van der Waals surface area contributed by atoms with E-state index < -0.39 is 0 Å². The van der Waals surface area contributed by atoms with E-state index in [2.05, 4.69) is 0 Å². The number of methoxy groups -OCH3 is 2. The zero-order valence-corrected chi connectivity index (χ0v) is 8.90. The average Bonchev–Trinajstić information content (AvgIpc) is 2.27. The van der Waals surface area contributed by atoms with Crippen LogP contribution in [-0.4, -0.2) is 28.9 Å². The van der Waals surface area contributed by atoms with Crippen LogP contribution >= 0.6 is 0 Å². The molecule has 0 N–H and O–H groups in total. The van der Waals surface area contributed by atoms with Crippen molar-refractivity contribution in [1.29, 1.82) is 0 Å². The SMILES string of the molecule is [B]C=Cc1ccc(OCOC)c(OC)c1. The van der Waals surface area contributed by atoms with Crippen LogP contribution in [0.25, 0.3) is 6.08 Å². The van der Waals surface area contributed by atoms with Crippen molar-refractivity contribution < 1.29 is 14.2 Å². The van der Waals surface area contributed by atoms with Crippen LogP contribution in [-0.2, 0) is 4.74 Å². The Labute approximate surface area is 91.1 Å². The maximum absolute atomic E-state index is 5.31. The average molecular weight is 204 g/mol. The predicted molar refractivity (Wildman–Crippen MR) is 60.3 cm³/mol. The summed E-state index contributed by atoms with van der Waals surface area (Å²) in [5.74, 6) is 2.78. The molecule has 0 atom stereocenters. The minimum Gasteiger partial charge on any atom is -0.493 e. The topological polar surface area (TPSA) is 27.7 Å². The zero-order chi connectivity index (χ0) is 11.1. The highest BCUT2D eigenvalue weighted by Gasteiger charge is 2.03. The van der Waals surface area contributed by atoms with Crippen LogP contribution in [0.2, 0.25) is 0 Å². The number of hydrogen-bond donors (Lipinski definition) is 0. The van der Waals surface area contributed by atoms with Gasteiger partial charge < -0.3 is 14.2 Å². The second kappa shape index (κ2) is 6.14. The molecule has 0 bridgehead atoms. The molecule has 0 aliphatic rings. The molecule has 0 heterocycles. The lowest BCUT2D eigenvalue weighted by atomic mass is 10.1. The molecule has 0 fully saturated rings. The van der Waals surface area contributed by atoms with Crippen molar-refractivity contribution in [1.82, 2.24) is 0 Å². The number of rotatable bonds is 5. The smallest absolute Gasteiger partial charge is 0.188 e. The van der Waals surface area contributed by atoms with Gasteiger partial charge in [-0.2, -0.15) is 0 Å². The van der Waals surface area contributed by atoms with Crippen LogP contribution in [0.1, 0.15) is 5.56 Å². The maximum atomic E-state index is 5.31. The summed E-state index contributed by atoms with van der Waals surface area (Å²) < 4.78 is 15.3. The third-order valence-electron chi connectivity index (χ3n) is 1.81. The van der Waals surface area contributed by atoms with Gasteiger partial charge in [-0.15, -0.1) is 5.98 Å². The molecule has 1 aromatic carbocycles. The lowest BCUT2D eigenvalue weighted by Gasteiger charge is -2.10. The van der Waals surface area contributed by atoms with Gasteiger partial charge in [0.25, 0.3) is 0 Å². The normalized spacial score (nSPS) is 10.5. The second-order valence-electron chi connectivity index (χ2n) is 2.82. The van der Waals surface area contributed by atoms with Gasteiger partial charge in [-0.05, 0) is 17.7 Å². The summed E-state index contributed by atoms with van der Waals surface area (Å²) in [5, 5.41) is 0. The summed E-state index contributed by atoms with van der Waals surface area (Å²) in [6, 6.07) is 5.54. The third-order valence-corrected chi connectivity index (χ3v) is 1.81. The highest BCUT2D eigenvalue weighted by atomic mass is 16.7. The molecule has 0 spiro atoms. The molecule has 0 unspecified atom stereocenters. The Morgan fingerprint density at radius 3 is 2.67 bits per heavy atom. The molecule has 0 aromatic heterocycles. The number of hydrogen-bond acceptors (Lipinski definition) is 3. The van der Waals surface area contributed by atoms with Gasteiger partial charge in [-0.25, -0.2) is 0 Å². The van der Waals surface area contributed by atoms with Crippen molar-refractivity contribution >= 4 is 13.9 Å². The Bertz CT molecular complexity index is 337. The number of benzene rings is 1. The van der Waals surface area contributed by atoms with Gasteiger partial charge in [0, 0.05) is 7.11 Å². The van der Waals surface area contributed by atoms with Crippen LogP contribution < -0.4 is 9.47 Å². The Hall–Kier alpha value is -1.42. The molecule has 78 valence electrons. The van der Waals surface area contributed by atoms with Crippen molar-refractivity contribution in [2.75, 3.05) is 21.0 Å².